The lowest BCUT2D eigenvalue weighted by atomic mass is 9.97. The number of hydrogen-bond acceptors (Lipinski definition) is 2. The molecule has 3 nitrogen and oxygen atoms in total. The molecule has 0 unspecified atom stereocenters. The molecule has 24 heavy (non-hydrogen) atoms. The molecule has 124 valence electrons. The normalized spacial score (nSPS) is 17.8. The molecular formula is C21H23NO2. The molecule has 0 radical (unpaired) electrons. The largest absolute Gasteiger partial charge is 0.445 e. The number of carbonyl (C=O) groups is 1. The van der Waals surface area contributed by atoms with Crippen LogP contribution < -0.4 is 0 Å². The Morgan fingerprint density at radius 2 is 1.79 bits per heavy atom. The van der Waals surface area contributed by atoms with Gasteiger partial charge in [0.25, 0.3) is 0 Å². The minimum Gasteiger partial charge on any atom is -0.445 e. The van der Waals surface area contributed by atoms with Crippen LogP contribution in [0.1, 0.15) is 24.0 Å². The number of benzene rings is 2. The molecule has 0 N–H and O–H groups in total. The van der Waals surface area contributed by atoms with Crippen LogP contribution in [0.25, 0.3) is 6.08 Å². The van der Waals surface area contributed by atoms with E-state index in [0.29, 0.717) is 12.5 Å². The first-order chi connectivity index (χ1) is 11.8. The van der Waals surface area contributed by atoms with Crippen LogP contribution in [-0.2, 0) is 11.3 Å². The number of piperidine rings is 1. The Balaban J connectivity index is 1.51. The molecule has 1 amide bonds. The highest BCUT2D eigenvalue weighted by Gasteiger charge is 2.23. The molecule has 1 aliphatic heterocycles. The molecular weight excluding hydrogens is 298 g/mol. The number of rotatable bonds is 4. The molecule has 0 aromatic heterocycles. The summed E-state index contributed by atoms with van der Waals surface area (Å²) in [7, 11) is 0. The summed E-state index contributed by atoms with van der Waals surface area (Å²) in [6, 6.07) is 20.1. The van der Waals surface area contributed by atoms with Gasteiger partial charge in [-0.1, -0.05) is 72.8 Å². The van der Waals surface area contributed by atoms with Crippen molar-refractivity contribution in [2.75, 3.05) is 13.1 Å². The molecule has 3 rings (SSSR count). The fraction of sp³-hybridized carbons (Fsp3) is 0.286. The van der Waals surface area contributed by atoms with E-state index >= 15 is 0 Å². The Morgan fingerprint density at radius 1 is 1.08 bits per heavy atom. The predicted molar refractivity (Wildman–Crippen MR) is 96.4 cm³/mol. The lowest BCUT2D eigenvalue weighted by Crippen LogP contribution is -2.39. The minimum absolute atomic E-state index is 0.211. The number of carbonyl (C=O) groups excluding carboxylic acids is 1. The zero-order valence-corrected chi connectivity index (χ0v) is 13.8. The molecule has 0 saturated carbocycles. The average Bonchev–Trinajstić information content (AvgIpc) is 2.66. The van der Waals surface area contributed by atoms with Gasteiger partial charge in [0.2, 0.25) is 0 Å². The van der Waals surface area contributed by atoms with Gasteiger partial charge >= 0.3 is 6.09 Å². The third-order valence-corrected chi connectivity index (χ3v) is 4.28. The average molecular weight is 321 g/mol. The van der Waals surface area contributed by atoms with Crippen molar-refractivity contribution in [2.24, 2.45) is 5.92 Å². The molecule has 1 atom stereocenters. The summed E-state index contributed by atoms with van der Waals surface area (Å²) in [5.74, 6) is 0.392. The van der Waals surface area contributed by atoms with Gasteiger partial charge < -0.3 is 9.64 Å². The highest BCUT2D eigenvalue weighted by molar-refractivity contribution is 5.67. The Hall–Kier alpha value is -2.55. The molecule has 3 heteroatoms. The second-order valence-corrected chi connectivity index (χ2v) is 6.16. The zero-order valence-electron chi connectivity index (χ0n) is 13.8. The van der Waals surface area contributed by atoms with E-state index in [9.17, 15) is 4.79 Å². The number of likely N-dealkylation sites (tertiary alicyclic amines) is 1. The van der Waals surface area contributed by atoms with Crippen molar-refractivity contribution < 1.29 is 9.53 Å². The molecule has 0 spiro atoms. The number of amides is 1. The summed E-state index contributed by atoms with van der Waals surface area (Å²) < 4.78 is 5.44. The van der Waals surface area contributed by atoms with Crippen molar-refractivity contribution in [3.8, 4) is 0 Å². The Labute approximate surface area is 143 Å². The highest BCUT2D eigenvalue weighted by Crippen LogP contribution is 2.20. The molecule has 2 aromatic rings. The first-order valence-corrected chi connectivity index (χ1v) is 8.50. The Kier molecular flexibility index (Phi) is 5.67. The van der Waals surface area contributed by atoms with Gasteiger partial charge in [-0.15, -0.1) is 0 Å². The third kappa shape index (κ3) is 4.72. The molecule has 1 aliphatic rings. The maximum Gasteiger partial charge on any atom is 0.410 e. The molecule has 0 bridgehead atoms. The van der Waals surface area contributed by atoms with E-state index in [4.69, 9.17) is 4.74 Å². The van der Waals surface area contributed by atoms with E-state index < -0.39 is 0 Å². The van der Waals surface area contributed by atoms with Crippen molar-refractivity contribution in [3.63, 3.8) is 0 Å². The second-order valence-electron chi connectivity index (χ2n) is 6.16. The fourth-order valence-electron chi connectivity index (χ4n) is 2.95. The SMILES string of the molecule is O=C(OCc1ccccc1)N1CCC[C@H](C=Cc2ccccc2)C1. The summed E-state index contributed by atoms with van der Waals surface area (Å²) in [4.78, 5) is 14.1. The maximum atomic E-state index is 12.3. The van der Waals surface area contributed by atoms with Gasteiger partial charge in [0, 0.05) is 13.1 Å². The van der Waals surface area contributed by atoms with E-state index in [1.54, 1.807) is 0 Å². The van der Waals surface area contributed by atoms with Gasteiger partial charge in [0.05, 0.1) is 0 Å². The topological polar surface area (TPSA) is 29.5 Å². The van der Waals surface area contributed by atoms with E-state index in [2.05, 4.69) is 24.3 Å². The van der Waals surface area contributed by atoms with Crippen LogP contribution in [0.15, 0.2) is 66.7 Å². The van der Waals surface area contributed by atoms with Crippen LogP contribution in [0.2, 0.25) is 0 Å². The van der Waals surface area contributed by atoms with Crippen LogP contribution in [0, 0.1) is 5.92 Å². The molecule has 1 saturated heterocycles. The smallest absolute Gasteiger partial charge is 0.410 e. The predicted octanol–water partition coefficient (Wildman–Crippen LogP) is 4.75. The third-order valence-electron chi connectivity index (χ3n) is 4.28. The first-order valence-electron chi connectivity index (χ1n) is 8.50. The van der Waals surface area contributed by atoms with Crippen LogP contribution in [0.5, 0.6) is 0 Å². The summed E-state index contributed by atoms with van der Waals surface area (Å²) in [5, 5.41) is 0. The summed E-state index contributed by atoms with van der Waals surface area (Å²) >= 11 is 0. The van der Waals surface area contributed by atoms with Crippen molar-refractivity contribution in [1.29, 1.82) is 0 Å². The van der Waals surface area contributed by atoms with Crippen LogP contribution in [0.4, 0.5) is 4.79 Å². The monoisotopic (exact) mass is 321 g/mol. The standard InChI is InChI=1S/C21H23NO2/c23-21(24-17-20-10-5-2-6-11-20)22-15-7-12-19(16-22)14-13-18-8-3-1-4-9-18/h1-6,8-11,13-14,19H,7,12,15-17H2/t19-/m1/s1. The summed E-state index contributed by atoms with van der Waals surface area (Å²) in [6.45, 7) is 1.85. The number of ether oxygens (including phenoxy) is 1. The van der Waals surface area contributed by atoms with Crippen LogP contribution in [-0.4, -0.2) is 24.1 Å². The molecule has 1 fully saturated rings. The van der Waals surface area contributed by atoms with Crippen LogP contribution in [0.3, 0.4) is 0 Å². The van der Waals surface area contributed by atoms with Gasteiger partial charge in [0.1, 0.15) is 6.61 Å². The van der Waals surface area contributed by atoms with Gasteiger partial charge in [-0.05, 0) is 29.9 Å². The Bertz CT molecular complexity index is 667. The van der Waals surface area contributed by atoms with E-state index in [-0.39, 0.29) is 6.09 Å². The van der Waals surface area contributed by atoms with E-state index in [1.807, 2.05) is 53.4 Å². The molecule has 1 heterocycles. The van der Waals surface area contributed by atoms with Crippen molar-refractivity contribution in [1.82, 2.24) is 4.90 Å². The van der Waals surface area contributed by atoms with Gasteiger partial charge in [-0.25, -0.2) is 4.79 Å². The van der Waals surface area contributed by atoms with Crippen LogP contribution >= 0.6 is 0 Å². The van der Waals surface area contributed by atoms with E-state index in [1.165, 1.54) is 5.56 Å². The molecule has 2 aromatic carbocycles. The highest BCUT2D eigenvalue weighted by atomic mass is 16.6. The Morgan fingerprint density at radius 3 is 2.54 bits per heavy atom. The molecule has 0 aliphatic carbocycles. The van der Waals surface area contributed by atoms with Gasteiger partial charge in [0.15, 0.2) is 0 Å². The lowest BCUT2D eigenvalue weighted by Gasteiger charge is -2.30. The summed E-state index contributed by atoms with van der Waals surface area (Å²) in [6.07, 6.45) is 6.28. The van der Waals surface area contributed by atoms with Crippen molar-refractivity contribution in [2.45, 2.75) is 19.4 Å². The van der Waals surface area contributed by atoms with Gasteiger partial charge in [-0.3, -0.25) is 0 Å². The fourth-order valence-corrected chi connectivity index (χ4v) is 2.95. The quantitative estimate of drug-likeness (QED) is 0.813. The van der Waals surface area contributed by atoms with E-state index in [0.717, 1.165) is 31.5 Å². The second kappa shape index (κ2) is 8.34. The van der Waals surface area contributed by atoms with Crippen molar-refractivity contribution in [3.05, 3.63) is 77.9 Å². The zero-order chi connectivity index (χ0) is 16.6. The number of hydrogen-bond donors (Lipinski definition) is 0. The first kappa shape index (κ1) is 16.3. The maximum absolute atomic E-state index is 12.3. The van der Waals surface area contributed by atoms with Crippen molar-refractivity contribution >= 4 is 12.2 Å². The number of nitrogens with zero attached hydrogens (tertiary/aromatic N) is 1. The lowest BCUT2D eigenvalue weighted by molar-refractivity contribution is 0.0836. The summed E-state index contributed by atoms with van der Waals surface area (Å²) in [5.41, 5.74) is 2.21. The minimum atomic E-state index is -0.211. The van der Waals surface area contributed by atoms with Gasteiger partial charge in [-0.2, -0.15) is 0 Å².